The fourth-order valence-electron chi connectivity index (χ4n) is 2.26. The van der Waals surface area contributed by atoms with Crippen molar-refractivity contribution >= 4 is 11.2 Å². The maximum absolute atomic E-state index is 5.82. The molecule has 0 spiro atoms. The Labute approximate surface area is 106 Å². The second-order valence-corrected chi connectivity index (χ2v) is 4.59. The number of nitrogens with zero attached hydrogens (tertiary/aromatic N) is 2. The van der Waals surface area contributed by atoms with E-state index in [0.29, 0.717) is 0 Å². The van der Waals surface area contributed by atoms with Crippen LogP contribution in [0.15, 0.2) is 42.6 Å². The third kappa shape index (κ3) is 1.64. The highest BCUT2D eigenvalue weighted by Gasteiger charge is 2.10. The molecule has 3 rings (SSSR count). The third-order valence-corrected chi connectivity index (χ3v) is 3.13. The molecule has 0 amide bonds. The molecular weight excluding hydrogens is 222 g/mol. The summed E-state index contributed by atoms with van der Waals surface area (Å²) in [7, 11) is 0. The number of nitrogens with two attached hydrogens (primary N) is 1. The second kappa shape index (κ2) is 3.88. The van der Waals surface area contributed by atoms with Crippen molar-refractivity contribution in [2.75, 3.05) is 5.73 Å². The van der Waals surface area contributed by atoms with Crippen molar-refractivity contribution in [2.24, 2.45) is 0 Å². The predicted molar refractivity (Wildman–Crippen MR) is 74.5 cm³/mol. The van der Waals surface area contributed by atoms with E-state index in [1.165, 1.54) is 5.56 Å². The molecule has 0 saturated carbocycles. The number of pyridine rings is 1. The normalized spacial score (nSPS) is 11.0. The number of hydrogen-bond donors (Lipinski definition) is 1. The standard InChI is InChI=1S/C15H15N3/c1-10-4-3-5-12(8-10)15-14-7-6-13(16)9-18(14)11(2)17-15/h3-9H,16H2,1-2H3. The van der Waals surface area contributed by atoms with Gasteiger partial charge in [0.05, 0.1) is 11.2 Å². The molecule has 0 bridgehead atoms. The van der Waals surface area contributed by atoms with Gasteiger partial charge in [-0.1, -0.05) is 23.8 Å². The van der Waals surface area contributed by atoms with Crippen molar-refractivity contribution in [3.05, 3.63) is 54.0 Å². The SMILES string of the molecule is Cc1cccc(-c2nc(C)n3cc(N)ccc23)c1. The van der Waals surface area contributed by atoms with Gasteiger partial charge in [-0.2, -0.15) is 0 Å². The molecule has 3 aromatic rings. The second-order valence-electron chi connectivity index (χ2n) is 4.59. The van der Waals surface area contributed by atoms with Crippen molar-refractivity contribution in [3.63, 3.8) is 0 Å². The Hall–Kier alpha value is -2.29. The van der Waals surface area contributed by atoms with Crippen LogP contribution in [0.4, 0.5) is 5.69 Å². The molecule has 18 heavy (non-hydrogen) atoms. The largest absolute Gasteiger partial charge is 0.398 e. The van der Waals surface area contributed by atoms with Gasteiger partial charge in [-0.15, -0.1) is 0 Å². The van der Waals surface area contributed by atoms with Crippen LogP contribution < -0.4 is 5.73 Å². The van der Waals surface area contributed by atoms with Gasteiger partial charge in [-0.05, 0) is 32.0 Å². The maximum Gasteiger partial charge on any atom is 0.110 e. The Morgan fingerprint density at radius 2 is 1.94 bits per heavy atom. The number of anilines is 1. The molecule has 2 N–H and O–H groups in total. The van der Waals surface area contributed by atoms with Gasteiger partial charge in [0, 0.05) is 17.4 Å². The summed E-state index contributed by atoms with van der Waals surface area (Å²) in [4.78, 5) is 4.65. The summed E-state index contributed by atoms with van der Waals surface area (Å²) in [6.07, 6.45) is 1.91. The first-order valence-electron chi connectivity index (χ1n) is 5.96. The third-order valence-electron chi connectivity index (χ3n) is 3.13. The Balaban J connectivity index is 2.30. The van der Waals surface area contributed by atoms with Crippen LogP contribution in [0.3, 0.4) is 0 Å². The number of hydrogen-bond acceptors (Lipinski definition) is 2. The van der Waals surface area contributed by atoms with Gasteiger partial charge in [0.15, 0.2) is 0 Å². The van der Waals surface area contributed by atoms with Crippen LogP contribution in [0.1, 0.15) is 11.4 Å². The zero-order chi connectivity index (χ0) is 12.7. The summed E-state index contributed by atoms with van der Waals surface area (Å²) < 4.78 is 2.03. The van der Waals surface area contributed by atoms with Crippen LogP contribution in [0.2, 0.25) is 0 Å². The molecular formula is C15H15N3. The minimum Gasteiger partial charge on any atom is -0.398 e. The fourth-order valence-corrected chi connectivity index (χ4v) is 2.26. The lowest BCUT2D eigenvalue weighted by Crippen LogP contribution is -1.91. The molecule has 2 aromatic heterocycles. The molecule has 0 unspecified atom stereocenters. The van der Waals surface area contributed by atoms with Gasteiger partial charge in [0.2, 0.25) is 0 Å². The highest BCUT2D eigenvalue weighted by molar-refractivity contribution is 5.78. The van der Waals surface area contributed by atoms with E-state index in [1.54, 1.807) is 0 Å². The van der Waals surface area contributed by atoms with Gasteiger partial charge in [0.1, 0.15) is 5.82 Å². The molecule has 0 aliphatic heterocycles. The molecule has 1 aromatic carbocycles. The van der Waals surface area contributed by atoms with Gasteiger partial charge < -0.3 is 10.1 Å². The van der Waals surface area contributed by atoms with Crippen molar-refractivity contribution in [1.29, 1.82) is 0 Å². The van der Waals surface area contributed by atoms with Crippen molar-refractivity contribution in [2.45, 2.75) is 13.8 Å². The predicted octanol–water partition coefficient (Wildman–Crippen LogP) is 3.20. The summed E-state index contributed by atoms with van der Waals surface area (Å²) in [6, 6.07) is 12.3. The molecule has 90 valence electrons. The first-order chi connectivity index (χ1) is 8.65. The van der Waals surface area contributed by atoms with Crippen LogP contribution >= 0.6 is 0 Å². The molecule has 0 radical (unpaired) electrons. The van der Waals surface area contributed by atoms with E-state index < -0.39 is 0 Å². The minimum atomic E-state index is 0.749. The van der Waals surface area contributed by atoms with Crippen molar-refractivity contribution < 1.29 is 0 Å². The quantitative estimate of drug-likeness (QED) is 0.706. The van der Waals surface area contributed by atoms with Gasteiger partial charge in [0.25, 0.3) is 0 Å². The Kier molecular flexibility index (Phi) is 2.33. The van der Waals surface area contributed by atoms with Gasteiger partial charge in [-0.25, -0.2) is 4.98 Å². The summed E-state index contributed by atoms with van der Waals surface area (Å²) >= 11 is 0. The number of fused-ring (bicyclic) bond motifs is 1. The lowest BCUT2D eigenvalue weighted by Gasteiger charge is -2.01. The first kappa shape index (κ1) is 10.8. The molecule has 3 heteroatoms. The topological polar surface area (TPSA) is 43.3 Å². The van der Waals surface area contributed by atoms with Crippen LogP contribution in [0.25, 0.3) is 16.8 Å². The average Bonchev–Trinajstić information content (AvgIpc) is 2.67. The highest BCUT2D eigenvalue weighted by Crippen LogP contribution is 2.26. The van der Waals surface area contributed by atoms with Crippen LogP contribution in [0.5, 0.6) is 0 Å². The Bertz CT molecular complexity index is 726. The number of rotatable bonds is 1. The molecule has 0 atom stereocenters. The summed E-state index contributed by atoms with van der Waals surface area (Å²) in [5.41, 5.74) is 11.0. The summed E-state index contributed by atoms with van der Waals surface area (Å²) in [5, 5.41) is 0. The number of aryl methyl sites for hydroxylation is 2. The number of benzene rings is 1. The van der Waals surface area contributed by atoms with E-state index >= 15 is 0 Å². The molecule has 0 saturated heterocycles. The number of nitrogen functional groups attached to an aromatic ring is 1. The van der Waals surface area contributed by atoms with Gasteiger partial charge in [-0.3, -0.25) is 0 Å². The smallest absolute Gasteiger partial charge is 0.110 e. The zero-order valence-corrected chi connectivity index (χ0v) is 10.5. The lowest BCUT2D eigenvalue weighted by molar-refractivity contribution is 1.05. The van der Waals surface area contributed by atoms with E-state index in [4.69, 9.17) is 5.73 Å². The zero-order valence-electron chi connectivity index (χ0n) is 10.5. The van der Waals surface area contributed by atoms with Crippen molar-refractivity contribution in [1.82, 2.24) is 9.38 Å². The first-order valence-corrected chi connectivity index (χ1v) is 5.96. The molecule has 2 heterocycles. The molecule has 0 fully saturated rings. The van der Waals surface area contributed by atoms with Crippen molar-refractivity contribution in [3.8, 4) is 11.3 Å². The van der Waals surface area contributed by atoms with E-state index in [9.17, 15) is 0 Å². The van der Waals surface area contributed by atoms with Crippen LogP contribution in [0, 0.1) is 13.8 Å². The van der Waals surface area contributed by atoms with E-state index in [-0.39, 0.29) is 0 Å². The Morgan fingerprint density at radius 3 is 2.72 bits per heavy atom. The highest BCUT2D eigenvalue weighted by atomic mass is 15.0. The fraction of sp³-hybridized carbons (Fsp3) is 0.133. The number of aromatic nitrogens is 2. The average molecular weight is 237 g/mol. The molecule has 0 aliphatic carbocycles. The van der Waals surface area contributed by atoms with Gasteiger partial charge >= 0.3 is 0 Å². The lowest BCUT2D eigenvalue weighted by atomic mass is 10.1. The van der Waals surface area contributed by atoms with E-state index in [0.717, 1.165) is 28.3 Å². The van der Waals surface area contributed by atoms with Crippen LogP contribution in [-0.4, -0.2) is 9.38 Å². The van der Waals surface area contributed by atoms with E-state index in [1.807, 2.05) is 29.7 Å². The van der Waals surface area contributed by atoms with E-state index in [2.05, 4.69) is 36.2 Å². The molecule has 3 nitrogen and oxygen atoms in total. The molecule has 0 aliphatic rings. The Morgan fingerprint density at radius 1 is 1.11 bits per heavy atom. The van der Waals surface area contributed by atoms with Crippen LogP contribution in [-0.2, 0) is 0 Å². The maximum atomic E-state index is 5.82. The number of imidazole rings is 1. The minimum absolute atomic E-state index is 0.749. The summed E-state index contributed by atoms with van der Waals surface area (Å²) in [5.74, 6) is 0.953. The summed E-state index contributed by atoms with van der Waals surface area (Å²) in [6.45, 7) is 4.08. The monoisotopic (exact) mass is 237 g/mol.